The molecule has 0 saturated heterocycles. The first-order valence-electron chi connectivity index (χ1n) is 5.40. The minimum atomic E-state index is 0.421. The van der Waals surface area contributed by atoms with Gasteiger partial charge in [-0.15, -0.1) is 0 Å². The van der Waals surface area contributed by atoms with Crippen LogP contribution in [0.3, 0.4) is 0 Å². The number of hydrogen-bond donors (Lipinski definition) is 0. The third kappa shape index (κ3) is 0.969. The molecule has 2 aromatic rings. The Morgan fingerprint density at radius 2 is 1.83 bits per heavy atom. The molecule has 2 aromatic carbocycles. The van der Waals surface area contributed by atoms with Crippen molar-refractivity contribution in [2.45, 2.75) is 0 Å². The summed E-state index contributed by atoms with van der Waals surface area (Å²) in [5, 5.41) is 21.1. The van der Waals surface area contributed by atoms with Gasteiger partial charge in [-0.25, -0.2) is 0 Å². The van der Waals surface area contributed by atoms with Crippen molar-refractivity contribution in [2.75, 3.05) is 0 Å². The Hall–Kier alpha value is -2.76. The monoisotopic (exact) mass is 238 g/mol. The quantitative estimate of drug-likeness (QED) is 0.428. The zero-order valence-corrected chi connectivity index (χ0v) is 9.07. The molecule has 2 aliphatic heterocycles. The maximum atomic E-state index is 11.8. The van der Waals surface area contributed by atoms with Gasteiger partial charge >= 0.3 is 5.52 Å². The van der Waals surface area contributed by atoms with Crippen molar-refractivity contribution < 1.29 is 4.54 Å². The zero-order valence-electron chi connectivity index (χ0n) is 9.07. The third-order valence-electron chi connectivity index (χ3n) is 3.10. The Morgan fingerprint density at radius 1 is 1.06 bits per heavy atom. The van der Waals surface area contributed by atoms with Gasteiger partial charge in [-0.1, -0.05) is 12.1 Å². The van der Waals surface area contributed by atoms with Gasteiger partial charge in [0.2, 0.25) is 0 Å². The molecular weight excluding hydrogens is 232 g/mol. The average Bonchev–Trinajstić information content (AvgIpc) is 2.38. The Labute approximate surface area is 99.2 Å². The molecule has 86 valence electrons. The normalized spacial score (nSPS) is 11.8. The van der Waals surface area contributed by atoms with Crippen LogP contribution in [0.25, 0.3) is 22.1 Å². The lowest BCUT2D eigenvalue weighted by Gasteiger charge is -2.13. The summed E-state index contributed by atoms with van der Waals surface area (Å²) in [4.78, 5) is 12.4. The van der Waals surface area contributed by atoms with Crippen molar-refractivity contribution in [3.05, 3.63) is 56.9 Å². The van der Waals surface area contributed by atoms with Crippen LogP contribution >= 0.6 is 0 Å². The van der Waals surface area contributed by atoms with Gasteiger partial charge in [-0.3, -0.25) is 4.85 Å². The van der Waals surface area contributed by atoms with E-state index in [0.717, 1.165) is 0 Å². The van der Waals surface area contributed by atoms with Crippen LogP contribution in [-0.2, 0) is 0 Å². The van der Waals surface area contributed by atoms with E-state index >= 15 is 0 Å². The van der Waals surface area contributed by atoms with E-state index in [9.17, 15) is 10.1 Å². The fourth-order valence-corrected chi connectivity index (χ4v) is 2.36. The lowest BCUT2D eigenvalue weighted by atomic mass is 10.1. The topological polar surface area (TPSA) is 76.7 Å². The summed E-state index contributed by atoms with van der Waals surface area (Å²) < 4.78 is 0.570. The highest BCUT2D eigenvalue weighted by Crippen LogP contribution is 2.18. The minimum Gasteiger partial charge on any atom is -0.790 e. The standard InChI is InChI=1S/C12H6N4O2/c17-15-9-5-1-3-7-11(9)12-8(14-15)4-2-6-10(12)16(18)13-7/h1-6H. The molecule has 2 aliphatic rings. The van der Waals surface area contributed by atoms with E-state index in [1.807, 2.05) is 0 Å². The molecule has 0 N–H and O–H groups in total. The summed E-state index contributed by atoms with van der Waals surface area (Å²) in [7, 11) is 0. The molecule has 4 rings (SSSR count). The molecule has 0 saturated carbocycles. The van der Waals surface area contributed by atoms with E-state index in [-0.39, 0.29) is 0 Å². The molecule has 6 heteroatoms. The molecule has 0 aromatic heterocycles. The minimum absolute atomic E-state index is 0.421. The summed E-state index contributed by atoms with van der Waals surface area (Å²) in [6.07, 6.45) is 0. The second-order valence-corrected chi connectivity index (χ2v) is 4.09. The Balaban J connectivity index is 2.64. The molecule has 0 fully saturated rings. The van der Waals surface area contributed by atoms with Crippen molar-refractivity contribution in [3.63, 3.8) is 0 Å². The largest absolute Gasteiger partial charge is 0.790 e. The van der Waals surface area contributed by atoms with Gasteiger partial charge in [0.05, 0.1) is 26.3 Å². The second-order valence-electron chi connectivity index (χ2n) is 4.09. The van der Waals surface area contributed by atoms with Crippen molar-refractivity contribution in [2.24, 2.45) is 0 Å². The predicted octanol–water partition coefficient (Wildman–Crippen LogP) is 1.01. The van der Waals surface area contributed by atoms with Crippen LogP contribution in [-0.4, -0.2) is 15.0 Å². The van der Waals surface area contributed by atoms with Gasteiger partial charge in [-0.2, -0.15) is 5.10 Å². The highest BCUT2D eigenvalue weighted by molar-refractivity contribution is 5.72. The molecule has 6 nitrogen and oxygen atoms in total. The van der Waals surface area contributed by atoms with Crippen molar-refractivity contribution >= 4 is 22.1 Å². The van der Waals surface area contributed by atoms with Crippen LogP contribution in [0.4, 0.5) is 0 Å². The highest BCUT2D eigenvalue weighted by Gasteiger charge is 2.15. The van der Waals surface area contributed by atoms with Crippen LogP contribution in [0, 0.1) is 20.6 Å². The van der Waals surface area contributed by atoms with Crippen molar-refractivity contribution in [3.8, 4) is 0 Å². The lowest BCUT2D eigenvalue weighted by molar-refractivity contribution is -0.534. The molecule has 0 aliphatic carbocycles. The number of hydrogen-bond acceptors (Lipinski definition) is 4. The van der Waals surface area contributed by atoms with Gasteiger partial charge in [0.1, 0.15) is 5.52 Å². The maximum absolute atomic E-state index is 11.8. The molecule has 2 heterocycles. The summed E-state index contributed by atoms with van der Waals surface area (Å²) in [5.41, 5.74) is 1.84. The maximum Gasteiger partial charge on any atom is 0.305 e. The van der Waals surface area contributed by atoms with Crippen molar-refractivity contribution in [1.82, 2.24) is 15.0 Å². The highest BCUT2D eigenvalue weighted by atomic mass is 16.5. The van der Waals surface area contributed by atoms with Crippen LogP contribution < -0.4 is 4.54 Å². The van der Waals surface area contributed by atoms with Gasteiger partial charge in [0, 0.05) is 11.3 Å². The van der Waals surface area contributed by atoms with Crippen molar-refractivity contribution in [1.29, 1.82) is 0 Å². The van der Waals surface area contributed by atoms with E-state index in [0.29, 0.717) is 41.9 Å². The first kappa shape index (κ1) is 9.29. The first-order valence-corrected chi connectivity index (χ1v) is 5.40. The molecule has 0 unspecified atom stereocenters. The Bertz CT molecular complexity index is 1010. The predicted molar refractivity (Wildman–Crippen MR) is 63.7 cm³/mol. The van der Waals surface area contributed by atoms with Gasteiger partial charge in [-0.05, 0) is 18.2 Å². The summed E-state index contributed by atoms with van der Waals surface area (Å²) in [5.74, 6) is 0. The van der Waals surface area contributed by atoms with Crippen LogP contribution in [0.2, 0.25) is 0 Å². The van der Waals surface area contributed by atoms with Gasteiger partial charge in [0.15, 0.2) is 4.54 Å². The number of rotatable bonds is 0. The molecule has 0 atom stereocenters. The number of aromatic nitrogens is 4. The summed E-state index contributed by atoms with van der Waals surface area (Å²) >= 11 is 0. The van der Waals surface area contributed by atoms with Crippen LogP contribution in [0.1, 0.15) is 0 Å². The summed E-state index contributed by atoms with van der Waals surface area (Å²) in [6.45, 7) is 0. The lowest BCUT2D eigenvalue weighted by Crippen LogP contribution is -2.22. The van der Waals surface area contributed by atoms with E-state index < -0.39 is 0 Å². The SMILES string of the molecule is O=[n+]1nc2cccc3c2=c2c(cccc21)nn3[O-]. The number of nitrogens with zero attached hydrogens (tertiary/aromatic N) is 4. The van der Waals surface area contributed by atoms with E-state index in [1.165, 1.54) is 0 Å². The van der Waals surface area contributed by atoms with Gasteiger partial charge in [0.25, 0.3) is 0 Å². The second kappa shape index (κ2) is 2.92. The van der Waals surface area contributed by atoms with E-state index in [1.54, 1.807) is 36.4 Å². The van der Waals surface area contributed by atoms with Crippen LogP contribution in [0.5, 0.6) is 0 Å². The molecule has 0 amide bonds. The zero-order chi connectivity index (χ0) is 12.3. The molecule has 0 spiro atoms. The first-order chi connectivity index (χ1) is 8.75. The van der Waals surface area contributed by atoms with E-state index in [2.05, 4.69) is 10.2 Å². The Kier molecular flexibility index (Phi) is 1.51. The Morgan fingerprint density at radius 3 is 2.72 bits per heavy atom. The number of benzene rings is 2. The molecule has 18 heavy (non-hydrogen) atoms. The molecular formula is C12H6N4O2. The van der Waals surface area contributed by atoms with Gasteiger partial charge < -0.3 is 5.21 Å². The molecule has 0 bridgehead atoms. The third-order valence-corrected chi connectivity index (χ3v) is 3.10. The summed E-state index contributed by atoms with van der Waals surface area (Å²) in [6, 6.07) is 10.1. The average molecular weight is 238 g/mol. The van der Waals surface area contributed by atoms with E-state index in [4.69, 9.17) is 0 Å². The fraction of sp³-hybridized carbons (Fsp3) is 0. The smallest absolute Gasteiger partial charge is 0.305 e. The molecule has 0 radical (unpaired) electrons. The fourth-order valence-electron chi connectivity index (χ4n) is 2.36. The van der Waals surface area contributed by atoms with Crippen LogP contribution in [0.15, 0.2) is 36.4 Å².